The van der Waals surface area contributed by atoms with Gasteiger partial charge in [0.2, 0.25) is 0 Å². The highest BCUT2D eigenvalue weighted by Gasteiger charge is 2.27. The molecule has 2 N–H and O–H groups in total. The summed E-state index contributed by atoms with van der Waals surface area (Å²) in [6, 6.07) is 19.8. The van der Waals surface area contributed by atoms with E-state index in [1.807, 2.05) is 49.4 Å². The van der Waals surface area contributed by atoms with Crippen LogP contribution < -0.4 is 16.6 Å². The molecule has 0 radical (unpaired) electrons. The van der Waals surface area contributed by atoms with Crippen molar-refractivity contribution in [3.8, 4) is 22.6 Å². The summed E-state index contributed by atoms with van der Waals surface area (Å²) >= 11 is 0. The van der Waals surface area contributed by atoms with Crippen LogP contribution in [0.2, 0.25) is 0 Å². The second kappa shape index (κ2) is 13.8. The fourth-order valence-electron chi connectivity index (χ4n) is 7.03. The van der Waals surface area contributed by atoms with Gasteiger partial charge in [0.15, 0.2) is 5.65 Å². The molecule has 0 bridgehead atoms. The molecule has 1 saturated heterocycles. The number of nitrogens with one attached hydrogen (secondary N) is 1. The van der Waals surface area contributed by atoms with Gasteiger partial charge >= 0.3 is 5.69 Å². The molecule has 10 nitrogen and oxygen atoms in total. The molecule has 0 amide bonds. The van der Waals surface area contributed by atoms with Crippen molar-refractivity contribution in [1.29, 1.82) is 0 Å². The van der Waals surface area contributed by atoms with Crippen LogP contribution in [0.15, 0.2) is 82.5 Å². The normalized spacial score (nSPS) is 18.7. The lowest BCUT2D eigenvalue weighted by Gasteiger charge is -2.30. The molecule has 1 saturated carbocycles. The van der Waals surface area contributed by atoms with E-state index in [2.05, 4.69) is 20.2 Å². The quantitative estimate of drug-likeness (QED) is 0.245. The molecule has 1 aliphatic heterocycles. The molecule has 5 aromatic rings. The number of phenolic OH excluding ortho intramolecular Hbond substituents is 1. The molecule has 11 heteroatoms. The summed E-state index contributed by atoms with van der Waals surface area (Å²) in [5, 5.41) is 14.0. The van der Waals surface area contributed by atoms with Gasteiger partial charge < -0.3 is 15.2 Å². The Morgan fingerprint density at radius 3 is 2.56 bits per heavy atom. The fourth-order valence-corrected chi connectivity index (χ4v) is 7.03. The van der Waals surface area contributed by atoms with E-state index >= 15 is 0 Å². The molecule has 2 aromatic carbocycles. The monoisotopic (exact) mass is 650 g/mol. The van der Waals surface area contributed by atoms with E-state index in [-0.39, 0.29) is 28.9 Å². The zero-order chi connectivity index (χ0) is 33.2. The maximum absolute atomic E-state index is 14.5. The lowest BCUT2D eigenvalue weighted by Crippen LogP contribution is -2.44. The highest BCUT2D eigenvalue weighted by atomic mass is 19.1. The number of halogens is 1. The number of aromatic hydroxyl groups is 1. The smallest absolute Gasteiger partial charge is 0.337 e. The molecule has 248 valence electrons. The number of aromatic nitrogens is 4. The van der Waals surface area contributed by atoms with Crippen molar-refractivity contribution in [2.24, 2.45) is 0 Å². The van der Waals surface area contributed by atoms with Crippen LogP contribution in [0.25, 0.3) is 27.8 Å². The van der Waals surface area contributed by atoms with Crippen molar-refractivity contribution in [2.45, 2.75) is 57.8 Å². The van der Waals surface area contributed by atoms with Gasteiger partial charge in [0.05, 0.1) is 36.2 Å². The first-order chi connectivity index (χ1) is 23.3. The van der Waals surface area contributed by atoms with Gasteiger partial charge in [-0.05, 0) is 91.8 Å². The van der Waals surface area contributed by atoms with Crippen molar-refractivity contribution in [1.82, 2.24) is 29.3 Å². The molecule has 0 atom stereocenters. The van der Waals surface area contributed by atoms with Crippen LogP contribution in [-0.2, 0) is 17.8 Å². The van der Waals surface area contributed by atoms with E-state index in [9.17, 15) is 19.1 Å². The minimum Gasteiger partial charge on any atom is -0.508 e. The molecule has 3 aromatic heterocycles. The summed E-state index contributed by atoms with van der Waals surface area (Å²) in [6.07, 6.45) is 3.85. The van der Waals surface area contributed by atoms with Crippen LogP contribution in [0.4, 0.5) is 4.39 Å². The van der Waals surface area contributed by atoms with E-state index in [4.69, 9.17) is 4.74 Å². The largest absolute Gasteiger partial charge is 0.508 e. The number of pyridine rings is 2. The Balaban J connectivity index is 1.22. The van der Waals surface area contributed by atoms with Crippen molar-refractivity contribution < 1.29 is 14.2 Å². The van der Waals surface area contributed by atoms with Crippen molar-refractivity contribution in [3.63, 3.8) is 0 Å². The summed E-state index contributed by atoms with van der Waals surface area (Å²) in [5.74, 6) is -0.463. The summed E-state index contributed by atoms with van der Waals surface area (Å²) in [4.78, 5) is 39.3. The van der Waals surface area contributed by atoms with Gasteiger partial charge in [0.25, 0.3) is 5.56 Å². The van der Waals surface area contributed by atoms with Gasteiger partial charge in [-0.1, -0.05) is 24.3 Å². The number of rotatable bonds is 8. The average Bonchev–Trinajstić information content (AvgIpc) is 3.09. The van der Waals surface area contributed by atoms with Crippen molar-refractivity contribution in [2.75, 3.05) is 26.3 Å². The lowest BCUT2D eigenvalue weighted by atomic mass is 9.91. The predicted molar refractivity (Wildman–Crippen MR) is 182 cm³/mol. The first-order valence-corrected chi connectivity index (χ1v) is 16.6. The SMILES string of the molecule is Cc1cccc(CN[C@H]2CC[C@@H](n3c(=O)c4cc(F)cnc4n(-c4cccc(-c5ccc(O)cc5CN5CCOCC5)c4)c3=O)CC2)n1. The van der Waals surface area contributed by atoms with Gasteiger partial charge in [-0.15, -0.1) is 0 Å². The average molecular weight is 651 g/mol. The molecule has 48 heavy (non-hydrogen) atoms. The Morgan fingerprint density at radius 1 is 0.979 bits per heavy atom. The minimum absolute atomic E-state index is 0.0587. The number of ether oxygens (including phenoxy) is 1. The van der Waals surface area contributed by atoms with E-state index in [0.717, 1.165) is 60.2 Å². The van der Waals surface area contributed by atoms with E-state index in [0.29, 0.717) is 44.8 Å². The standard InChI is InChI=1S/C37H39FN6O4/c1-24-4-2-6-29(41-24)22-39-28-8-10-30(11-9-28)44-36(46)34-20-27(38)21-40-35(34)43(37(44)47)31-7-3-5-25(18-31)33-13-12-32(45)19-26(33)23-42-14-16-48-17-15-42/h2-7,12-13,18-21,28,30,39,45H,8-11,14-17,22-23H2,1H3/t28-,30+. The summed E-state index contributed by atoms with van der Waals surface area (Å²) in [7, 11) is 0. The Morgan fingerprint density at radius 2 is 1.77 bits per heavy atom. The number of phenols is 1. The lowest BCUT2D eigenvalue weighted by molar-refractivity contribution is 0.0342. The molecular weight excluding hydrogens is 611 g/mol. The molecule has 2 aliphatic rings. The third kappa shape index (κ3) is 6.66. The zero-order valence-corrected chi connectivity index (χ0v) is 26.9. The topological polar surface area (TPSA) is 115 Å². The van der Waals surface area contributed by atoms with Crippen LogP contribution in [0, 0.1) is 12.7 Å². The predicted octanol–water partition coefficient (Wildman–Crippen LogP) is 4.87. The second-order valence-corrected chi connectivity index (χ2v) is 12.8. The number of hydrogen-bond acceptors (Lipinski definition) is 8. The van der Waals surface area contributed by atoms with Crippen LogP contribution in [0.3, 0.4) is 0 Å². The van der Waals surface area contributed by atoms with Crippen molar-refractivity contribution >= 4 is 11.0 Å². The highest BCUT2D eigenvalue weighted by molar-refractivity contribution is 5.77. The number of morpholine rings is 1. The van der Waals surface area contributed by atoms with Gasteiger partial charge in [-0.25, -0.2) is 18.7 Å². The van der Waals surface area contributed by atoms with Gasteiger partial charge in [0.1, 0.15) is 11.6 Å². The molecule has 0 spiro atoms. The maximum Gasteiger partial charge on any atom is 0.337 e. The number of aryl methyl sites for hydroxylation is 1. The minimum atomic E-state index is -0.639. The third-order valence-electron chi connectivity index (χ3n) is 9.47. The Hall–Kier alpha value is -4.71. The first kappa shape index (κ1) is 31.9. The number of nitrogens with zero attached hydrogens (tertiary/aromatic N) is 5. The molecule has 4 heterocycles. The number of hydrogen-bond donors (Lipinski definition) is 2. The van der Waals surface area contributed by atoms with E-state index in [1.165, 1.54) is 15.2 Å². The van der Waals surface area contributed by atoms with E-state index in [1.54, 1.807) is 18.2 Å². The number of benzene rings is 2. The molecule has 7 rings (SSSR count). The van der Waals surface area contributed by atoms with Gasteiger partial charge in [-0.2, -0.15) is 0 Å². The first-order valence-electron chi connectivity index (χ1n) is 16.6. The number of fused-ring (bicyclic) bond motifs is 1. The van der Waals surface area contributed by atoms with Gasteiger partial charge in [-0.3, -0.25) is 19.2 Å². The van der Waals surface area contributed by atoms with Crippen molar-refractivity contribution in [3.05, 3.63) is 117 Å². The Kier molecular flexibility index (Phi) is 9.16. The maximum atomic E-state index is 14.5. The summed E-state index contributed by atoms with van der Waals surface area (Å²) in [5.41, 5.74) is 4.25. The summed E-state index contributed by atoms with van der Waals surface area (Å²) < 4.78 is 22.8. The van der Waals surface area contributed by atoms with Crippen LogP contribution in [0.5, 0.6) is 5.75 Å². The van der Waals surface area contributed by atoms with Crippen LogP contribution in [-0.4, -0.2) is 61.5 Å². The van der Waals surface area contributed by atoms with Crippen LogP contribution >= 0.6 is 0 Å². The zero-order valence-electron chi connectivity index (χ0n) is 26.9. The summed E-state index contributed by atoms with van der Waals surface area (Å²) in [6.45, 7) is 6.15. The molecule has 1 aliphatic carbocycles. The Bertz CT molecular complexity index is 2060. The second-order valence-electron chi connectivity index (χ2n) is 12.8. The molecule has 2 fully saturated rings. The fraction of sp³-hybridized carbons (Fsp3) is 0.351. The highest BCUT2D eigenvalue weighted by Crippen LogP contribution is 2.31. The molecule has 0 unspecified atom stereocenters. The molecular formula is C37H39FN6O4. The van der Waals surface area contributed by atoms with E-state index < -0.39 is 17.1 Å². The third-order valence-corrected chi connectivity index (χ3v) is 9.47. The Labute approximate surface area is 277 Å². The van der Waals surface area contributed by atoms with Gasteiger partial charge in [0, 0.05) is 44.0 Å². The van der Waals surface area contributed by atoms with Crippen LogP contribution in [0.1, 0.15) is 48.7 Å².